The van der Waals surface area contributed by atoms with Crippen molar-refractivity contribution in [3.8, 4) is 0 Å². The quantitative estimate of drug-likeness (QED) is 0.824. The molecule has 3 rings (SSSR count). The Balaban J connectivity index is 1.71. The van der Waals surface area contributed by atoms with Gasteiger partial charge in [-0.2, -0.15) is 0 Å². The first kappa shape index (κ1) is 14.1. The number of rotatable bonds is 6. The van der Waals surface area contributed by atoms with E-state index in [0.29, 0.717) is 6.04 Å². The molecule has 0 saturated heterocycles. The van der Waals surface area contributed by atoms with Gasteiger partial charge in [0.1, 0.15) is 5.82 Å². The number of halogens is 1. The Morgan fingerprint density at radius 2 is 2.05 bits per heavy atom. The minimum absolute atomic E-state index is 0.101. The van der Waals surface area contributed by atoms with Crippen molar-refractivity contribution in [1.82, 2.24) is 5.32 Å². The molecule has 2 aliphatic carbocycles. The zero-order valence-electron chi connectivity index (χ0n) is 12.7. The van der Waals surface area contributed by atoms with Gasteiger partial charge in [0.05, 0.1) is 0 Å². The Labute approximate surface area is 122 Å². The van der Waals surface area contributed by atoms with Crippen molar-refractivity contribution in [3.63, 3.8) is 0 Å². The lowest BCUT2D eigenvalue weighted by Gasteiger charge is -2.21. The number of hydrogen-bond acceptors (Lipinski definition) is 1. The fourth-order valence-corrected chi connectivity index (χ4v) is 4.24. The standard InChI is InChI=1S/C18H26FN/c1-3-9-20-17(18-15-5-4-6-16(15)18)11-13-10-14(19)8-7-12(13)2/h7-8,10,15-18,20H,3-6,9,11H2,1-2H3. The van der Waals surface area contributed by atoms with Crippen LogP contribution < -0.4 is 5.32 Å². The maximum absolute atomic E-state index is 13.5. The Morgan fingerprint density at radius 1 is 1.30 bits per heavy atom. The third-order valence-corrected chi connectivity index (χ3v) is 5.34. The molecule has 0 amide bonds. The summed E-state index contributed by atoms with van der Waals surface area (Å²) in [5, 5.41) is 3.73. The normalized spacial score (nSPS) is 29.2. The third-order valence-electron chi connectivity index (χ3n) is 5.34. The van der Waals surface area contributed by atoms with Crippen LogP contribution in [0.4, 0.5) is 4.39 Å². The average Bonchev–Trinajstić information content (AvgIpc) is 2.91. The molecule has 0 radical (unpaired) electrons. The molecule has 0 spiro atoms. The predicted octanol–water partition coefficient (Wildman–Crippen LogP) is 4.09. The van der Waals surface area contributed by atoms with Gasteiger partial charge < -0.3 is 5.32 Å². The van der Waals surface area contributed by atoms with E-state index >= 15 is 0 Å². The molecule has 1 aromatic rings. The number of hydrogen-bond donors (Lipinski definition) is 1. The highest BCUT2D eigenvalue weighted by Crippen LogP contribution is 2.59. The molecule has 3 unspecified atom stereocenters. The van der Waals surface area contributed by atoms with Crippen LogP contribution in [0.1, 0.15) is 43.7 Å². The minimum Gasteiger partial charge on any atom is -0.313 e. The van der Waals surface area contributed by atoms with Gasteiger partial charge in [0, 0.05) is 6.04 Å². The van der Waals surface area contributed by atoms with E-state index in [1.165, 1.54) is 36.8 Å². The highest BCUT2D eigenvalue weighted by Gasteiger charge is 2.55. The number of nitrogens with one attached hydrogen (secondary N) is 1. The Kier molecular flexibility index (Phi) is 4.11. The first-order valence-corrected chi connectivity index (χ1v) is 8.19. The molecule has 1 aromatic carbocycles. The first-order chi connectivity index (χ1) is 9.70. The zero-order chi connectivity index (χ0) is 14.1. The predicted molar refractivity (Wildman–Crippen MR) is 81.2 cm³/mol. The van der Waals surface area contributed by atoms with Crippen LogP contribution in [0.25, 0.3) is 0 Å². The number of benzene rings is 1. The fraction of sp³-hybridized carbons (Fsp3) is 0.667. The molecule has 3 atom stereocenters. The molecule has 2 heteroatoms. The van der Waals surface area contributed by atoms with Crippen molar-refractivity contribution in [3.05, 3.63) is 35.1 Å². The summed E-state index contributed by atoms with van der Waals surface area (Å²) in [5.41, 5.74) is 2.41. The van der Waals surface area contributed by atoms with E-state index in [-0.39, 0.29) is 5.82 Å². The maximum Gasteiger partial charge on any atom is 0.123 e. The smallest absolute Gasteiger partial charge is 0.123 e. The summed E-state index contributed by atoms with van der Waals surface area (Å²) >= 11 is 0. The zero-order valence-corrected chi connectivity index (χ0v) is 12.7. The monoisotopic (exact) mass is 275 g/mol. The van der Waals surface area contributed by atoms with E-state index in [1.54, 1.807) is 12.1 Å². The van der Waals surface area contributed by atoms with Crippen LogP contribution in [0.15, 0.2) is 18.2 Å². The van der Waals surface area contributed by atoms with E-state index in [2.05, 4.69) is 19.2 Å². The van der Waals surface area contributed by atoms with Crippen molar-refractivity contribution < 1.29 is 4.39 Å². The summed E-state index contributed by atoms with van der Waals surface area (Å²) in [6, 6.07) is 5.76. The number of aryl methyl sites for hydroxylation is 1. The maximum atomic E-state index is 13.5. The minimum atomic E-state index is -0.101. The summed E-state index contributed by atoms with van der Waals surface area (Å²) in [5.74, 6) is 2.66. The van der Waals surface area contributed by atoms with Gasteiger partial charge >= 0.3 is 0 Å². The molecule has 20 heavy (non-hydrogen) atoms. The van der Waals surface area contributed by atoms with Gasteiger partial charge in [-0.3, -0.25) is 0 Å². The second-order valence-corrected chi connectivity index (χ2v) is 6.67. The van der Waals surface area contributed by atoms with Gasteiger partial charge in [-0.05, 0) is 80.2 Å². The summed E-state index contributed by atoms with van der Waals surface area (Å²) in [4.78, 5) is 0. The largest absolute Gasteiger partial charge is 0.313 e. The first-order valence-electron chi connectivity index (χ1n) is 8.19. The van der Waals surface area contributed by atoms with E-state index in [4.69, 9.17) is 0 Å². The van der Waals surface area contributed by atoms with Gasteiger partial charge in [-0.25, -0.2) is 4.39 Å². The third kappa shape index (κ3) is 2.76. The van der Waals surface area contributed by atoms with Crippen LogP contribution in [0, 0.1) is 30.5 Å². The summed E-state index contributed by atoms with van der Waals surface area (Å²) in [7, 11) is 0. The molecule has 2 aliphatic rings. The van der Waals surface area contributed by atoms with Gasteiger partial charge in [-0.1, -0.05) is 19.4 Å². The van der Waals surface area contributed by atoms with Crippen molar-refractivity contribution in [2.45, 2.75) is 52.0 Å². The van der Waals surface area contributed by atoms with Crippen molar-refractivity contribution in [2.24, 2.45) is 17.8 Å². The van der Waals surface area contributed by atoms with Gasteiger partial charge in [0.25, 0.3) is 0 Å². The van der Waals surface area contributed by atoms with Crippen LogP contribution in [-0.2, 0) is 6.42 Å². The van der Waals surface area contributed by atoms with E-state index in [1.807, 2.05) is 6.07 Å². The van der Waals surface area contributed by atoms with Crippen LogP contribution in [-0.4, -0.2) is 12.6 Å². The molecule has 0 heterocycles. The lowest BCUT2D eigenvalue weighted by atomic mass is 9.94. The fourth-order valence-electron chi connectivity index (χ4n) is 4.24. The second-order valence-electron chi connectivity index (χ2n) is 6.67. The number of fused-ring (bicyclic) bond motifs is 1. The molecular formula is C18H26FN. The SMILES string of the molecule is CCCNC(Cc1cc(F)ccc1C)C1C2CCCC21. The molecule has 2 fully saturated rings. The lowest BCUT2D eigenvalue weighted by Crippen LogP contribution is -2.35. The Morgan fingerprint density at radius 3 is 2.75 bits per heavy atom. The van der Waals surface area contributed by atoms with Gasteiger partial charge in [-0.15, -0.1) is 0 Å². The Bertz CT molecular complexity index is 460. The van der Waals surface area contributed by atoms with E-state index < -0.39 is 0 Å². The van der Waals surface area contributed by atoms with E-state index in [9.17, 15) is 4.39 Å². The van der Waals surface area contributed by atoms with E-state index in [0.717, 1.165) is 30.7 Å². The van der Waals surface area contributed by atoms with Crippen LogP contribution in [0.3, 0.4) is 0 Å². The van der Waals surface area contributed by atoms with Crippen molar-refractivity contribution >= 4 is 0 Å². The molecule has 110 valence electrons. The molecule has 0 aromatic heterocycles. The molecule has 0 aliphatic heterocycles. The molecular weight excluding hydrogens is 249 g/mol. The second kappa shape index (κ2) is 5.85. The molecule has 1 nitrogen and oxygen atoms in total. The van der Waals surface area contributed by atoms with Crippen molar-refractivity contribution in [1.29, 1.82) is 0 Å². The van der Waals surface area contributed by atoms with Crippen LogP contribution >= 0.6 is 0 Å². The van der Waals surface area contributed by atoms with Crippen LogP contribution in [0.2, 0.25) is 0 Å². The van der Waals surface area contributed by atoms with Crippen LogP contribution in [0.5, 0.6) is 0 Å². The highest BCUT2D eigenvalue weighted by atomic mass is 19.1. The van der Waals surface area contributed by atoms with Crippen molar-refractivity contribution in [2.75, 3.05) is 6.54 Å². The average molecular weight is 275 g/mol. The molecule has 0 bridgehead atoms. The summed E-state index contributed by atoms with van der Waals surface area (Å²) in [6.07, 6.45) is 6.41. The summed E-state index contributed by atoms with van der Waals surface area (Å²) < 4.78 is 13.5. The molecule has 1 N–H and O–H groups in total. The topological polar surface area (TPSA) is 12.0 Å². The lowest BCUT2D eigenvalue weighted by molar-refractivity contribution is 0.402. The van der Waals surface area contributed by atoms with Gasteiger partial charge in [0.2, 0.25) is 0 Å². The highest BCUT2D eigenvalue weighted by molar-refractivity contribution is 5.28. The molecule has 2 saturated carbocycles. The Hall–Kier alpha value is -0.890. The summed E-state index contributed by atoms with van der Waals surface area (Å²) in [6.45, 7) is 5.39. The van der Waals surface area contributed by atoms with Gasteiger partial charge in [0.15, 0.2) is 0 Å².